The van der Waals surface area contributed by atoms with Crippen molar-refractivity contribution in [2.45, 2.75) is 13.5 Å². The fourth-order valence-corrected chi connectivity index (χ4v) is 1.75. The van der Waals surface area contributed by atoms with E-state index < -0.39 is 0 Å². The Morgan fingerprint density at radius 3 is 2.74 bits per heavy atom. The zero-order valence-corrected chi connectivity index (χ0v) is 10.6. The Hall–Kier alpha value is -2.36. The molecule has 2 aromatic rings. The van der Waals surface area contributed by atoms with Gasteiger partial charge in [-0.15, -0.1) is 0 Å². The molecule has 19 heavy (non-hydrogen) atoms. The van der Waals surface area contributed by atoms with Crippen LogP contribution in [0.4, 0.5) is 10.1 Å². The molecule has 0 aliphatic rings. The molecule has 0 atom stereocenters. The first-order valence-corrected chi connectivity index (χ1v) is 5.95. The van der Waals surface area contributed by atoms with Crippen LogP contribution < -0.4 is 11.1 Å². The summed E-state index contributed by atoms with van der Waals surface area (Å²) in [4.78, 5) is 11.9. The Kier molecular flexibility index (Phi) is 3.80. The number of aryl methyl sites for hydroxylation is 1. The maximum absolute atomic E-state index is 13.0. The van der Waals surface area contributed by atoms with Crippen molar-refractivity contribution in [3.63, 3.8) is 0 Å². The molecule has 1 amide bonds. The summed E-state index contributed by atoms with van der Waals surface area (Å²) < 4.78 is 13.0. The van der Waals surface area contributed by atoms with E-state index >= 15 is 0 Å². The zero-order valence-electron chi connectivity index (χ0n) is 10.6. The third kappa shape index (κ3) is 3.31. The first-order valence-electron chi connectivity index (χ1n) is 5.95. The normalized spacial score (nSPS) is 10.2. The fourth-order valence-electron chi connectivity index (χ4n) is 1.75. The Morgan fingerprint density at radius 1 is 1.26 bits per heavy atom. The van der Waals surface area contributed by atoms with Crippen LogP contribution >= 0.6 is 0 Å². The van der Waals surface area contributed by atoms with Crippen LogP contribution in [-0.4, -0.2) is 5.91 Å². The van der Waals surface area contributed by atoms with Crippen LogP contribution in [0.3, 0.4) is 0 Å². The molecule has 3 nitrogen and oxygen atoms in total. The van der Waals surface area contributed by atoms with Crippen molar-refractivity contribution >= 4 is 11.6 Å². The first-order chi connectivity index (χ1) is 9.06. The molecule has 2 aromatic carbocycles. The molecular formula is C15H15FN2O. The van der Waals surface area contributed by atoms with E-state index in [1.54, 1.807) is 30.3 Å². The number of rotatable bonds is 3. The topological polar surface area (TPSA) is 55.1 Å². The third-order valence-corrected chi connectivity index (χ3v) is 2.87. The molecule has 0 aromatic heterocycles. The van der Waals surface area contributed by atoms with Gasteiger partial charge >= 0.3 is 0 Å². The quantitative estimate of drug-likeness (QED) is 0.831. The van der Waals surface area contributed by atoms with Crippen LogP contribution in [0.2, 0.25) is 0 Å². The summed E-state index contributed by atoms with van der Waals surface area (Å²) in [6, 6.07) is 11.2. The van der Waals surface area contributed by atoms with Gasteiger partial charge in [-0.3, -0.25) is 4.79 Å². The van der Waals surface area contributed by atoms with Gasteiger partial charge in [-0.25, -0.2) is 4.39 Å². The van der Waals surface area contributed by atoms with Crippen LogP contribution in [0.5, 0.6) is 0 Å². The molecule has 0 spiro atoms. The molecule has 0 aliphatic heterocycles. The van der Waals surface area contributed by atoms with Gasteiger partial charge in [-0.1, -0.05) is 12.1 Å². The number of nitrogens with two attached hydrogens (primary N) is 1. The maximum atomic E-state index is 13.0. The average molecular weight is 258 g/mol. The minimum atomic E-state index is -0.310. The predicted octanol–water partition coefficient (Wildman–Crippen LogP) is 2.65. The second-order valence-electron chi connectivity index (χ2n) is 4.38. The van der Waals surface area contributed by atoms with Crippen LogP contribution in [0.25, 0.3) is 0 Å². The van der Waals surface area contributed by atoms with Crippen molar-refractivity contribution in [3.05, 3.63) is 65.0 Å². The molecule has 0 fully saturated rings. The van der Waals surface area contributed by atoms with Crippen molar-refractivity contribution in [2.75, 3.05) is 5.73 Å². The highest BCUT2D eigenvalue weighted by molar-refractivity contribution is 5.94. The minimum Gasteiger partial charge on any atom is -0.399 e. The number of carbonyl (C=O) groups is 1. The van der Waals surface area contributed by atoms with Crippen molar-refractivity contribution in [1.29, 1.82) is 0 Å². The van der Waals surface area contributed by atoms with Crippen LogP contribution in [0.1, 0.15) is 21.5 Å². The smallest absolute Gasteiger partial charge is 0.251 e. The van der Waals surface area contributed by atoms with Gasteiger partial charge in [-0.05, 0) is 48.4 Å². The summed E-state index contributed by atoms with van der Waals surface area (Å²) >= 11 is 0. The average Bonchev–Trinajstić information content (AvgIpc) is 2.39. The highest BCUT2D eigenvalue weighted by Gasteiger charge is 2.06. The number of anilines is 1. The summed E-state index contributed by atoms with van der Waals surface area (Å²) in [6.45, 7) is 2.14. The summed E-state index contributed by atoms with van der Waals surface area (Å²) in [6.07, 6.45) is 0. The number of benzene rings is 2. The van der Waals surface area contributed by atoms with Gasteiger partial charge in [0.25, 0.3) is 5.91 Å². The molecule has 0 saturated carbocycles. The number of nitrogen functional groups attached to an aromatic ring is 1. The lowest BCUT2D eigenvalue weighted by molar-refractivity contribution is 0.0951. The summed E-state index contributed by atoms with van der Waals surface area (Å²) in [7, 11) is 0. The van der Waals surface area contributed by atoms with Gasteiger partial charge in [0.15, 0.2) is 0 Å². The van der Waals surface area contributed by atoms with Crippen molar-refractivity contribution in [1.82, 2.24) is 5.32 Å². The molecule has 0 aliphatic carbocycles. The van der Waals surface area contributed by atoms with E-state index in [4.69, 9.17) is 5.73 Å². The Balaban J connectivity index is 2.03. The third-order valence-electron chi connectivity index (χ3n) is 2.87. The number of nitrogens with one attached hydrogen (secondary N) is 1. The molecule has 4 heteroatoms. The van der Waals surface area contributed by atoms with Crippen LogP contribution in [0, 0.1) is 12.7 Å². The van der Waals surface area contributed by atoms with E-state index in [9.17, 15) is 9.18 Å². The summed E-state index contributed by atoms with van der Waals surface area (Å²) in [5.41, 5.74) is 8.48. The van der Waals surface area contributed by atoms with E-state index in [0.717, 1.165) is 11.1 Å². The van der Waals surface area contributed by atoms with Gasteiger partial charge in [0, 0.05) is 17.8 Å². The van der Waals surface area contributed by atoms with Crippen LogP contribution in [0.15, 0.2) is 42.5 Å². The fraction of sp³-hybridized carbons (Fsp3) is 0.133. The highest BCUT2D eigenvalue weighted by atomic mass is 19.1. The second-order valence-corrected chi connectivity index (χ2v) is 4.38. The summed E-state index contributed by atoms with van der Waals surface area (Å²) in [5.74, 6) is -0.512. The van der Waals surface area contributed by atoms with Crippen molar-refractivity contribution < 1.29 is 9.18 Å². The van der Waals surface area contributed by atoms with Gasteiger partial charge < -0.3 is 11.1 Å². The van der Waals surface area contributed by atoms with Crippen molar-refractivity contribution in [3.8, 4) is 0 Å². The van der Waals surface area contributed by atoms with Gasteiger partial charge in [0.1, 0.15) is 5.82 Å². The Labute approximate surface area is 111 Å². The summed E-state index contributed by atoms with van der Waals surface area (Å²) in [5, 5.41) is 2.74. The lowest BCUT2D eigenvalue weighted by Crippen LogP contribution is -2.22. The minimum absolute atomic E-state index is 0.202. The zero-order chi connectivity index (χ0) is 13.8. The van der Waals surface area contributed by atoms with E-state index in [1.807, 2.05) is 6.92 Å². The SMILES string of the molecule is Cc1cc(C(=O)NCc2cccc(F)c2)ccc1N. The molecule has 2 rings (SSSR count). The molecule has 98 valence electrons. The molecule has 0 radical (unpaired) electrons. The first kappa shape index (κ1) is 13.1. The van der Waals surface area contributed by atoms with E-state index in [-0.39, 0.29) is 11.7 Å². The number of hydrogen-bond acceptors (Lipinski definition) is 2. The molecule has 0 saturated heterocycles. The van der Waals surface area contributed by atoms with E-state index in [1.165, 1.54) is 12.1 Å². The lowest BCUT2D eigenvalue weighted by atomic mass is 10.1. The van der Waals surface area contributed by atoms with E-state index in [0.29, 0.717) is 17.8 Å². The Morgan fingerprint density at radius 2 is 2.05 bits per heavy atom. The lowest BCUT2D eigenvalue weighted by Gasteiger charge is -2.07. The van der Waals surface area contributed by atoms with Crippen molar-refractivity contribution in [2.24, 2.45) is 0 Å². The largest absolute Gasteiger partial charge is 0.399 e. The standard InChI is InChI=1S/C15H15FN2O/c1-10-7-12(5-6-14(10)17)15(19)18-9-11-3-2-4-13(16)8-11/h2-8H,9,17H2,1H3,(H,18,19). The number of amides is 1. The molecule has 0 unspecified atom stereocenters. The van der Waals surface area contributed by atoms with E-state index in [2.05, 4.69) is 5.32 Å². The molecular weight excluding hydrogens is 243 g/mol. The highest BCUT2D eigenvalue weighted by Crippen LogP contribution is 2.12. The Bertz CT molecular complexity index is 611. The van der Waals surface area contributed by atoms with Crippen LogP contribution in [-0.2, 0) is 6.54 Å². The predicted molar refractivity (Wildman–Crippen MR) is 73.2 cm³/mol. The molecule has 0 bridgehead atoms. The number of halogens is 1. The van der Waals surface area contributed by atoms with Gasteiger partial charge in [0.05, 0.1) is 0 Å². The monoisotopic (exact) mass is 258 g/mol. The second kappa shape index (κ2) is 5.52. The van der Waals surface area contributed by atoms with Gasteiger partial charge in [0.2, 0.25) is 0 Å². The maximum Gasteiger partial charge on any atom is 0.251 e. The number of carbonyl (C=O) groups excluding carboxylic acids is 1. The molecule has 3 N–H and O–H groups in total. The molecule has 0 heterocycles. The number of hydrogen-bond donors (Lipinski definition) is 2. The van der Waals surface area contributed by atoms with Gasteiger partial charge in [-0.2, -0.15) is 0 Å².